The van der Waals surface area contributed by atoms with Crippen LogP contribution in [0.2, 0.25) is 0 Å². The van der Waals surface area contributed by atoms with Gasteiger partial charge in [0, 0.05) is 5.41 Å². The second-order valence-corrected chi connectivity index (χ2v) is 7.62. The zero-order chi connectivity index (χ0) is 17.7. The highest BCUT2D eigenvalue weighted by atomic mass is 14.4. The summed E-state index contributed by atoms with van der Waals surface area (Å²) in [6.07, 6.45) is 7.81. The van der Waals surface area contributed by atoms with Crippen LogP contribution >= 0.6 is 0 Å². The largest absolute Gasteiger partial charge is 0.0622 e. The molecule has 1 atom stereocenters. The summed E-state index contributed by atoms with van der Waals surface area (Å²) in [5.74, 6) is 0.522. The third kappa shape index (κ3) is 3.21. The topological polar surface area (TPSA) is 0 Å². The van der Waals surface area contributed by atoms with Crippen LogP contribution in [-0.4, -0.2) is 0 Å². The summed E-state index contributed by atoms with van der Waals surface area (Å²) in [4.78, 5) is 0. The van der Waals surface area contributed by atoms with Crippen molar-refractivity contribution in [3.05, 3.63) is 108 Å². The second-order valence-electron chi connectivity index (χ2n) is 7.62. The van der Waals surface area contributed by atoms with Gasteiger partial charge in [-0.3, -0.25) is 0 Å². The average molecular weight is 341 g/mol. The van der Waals surface area contributed by atoms with Gasteiger partial charge in [-0.25, -0.2) is 0 Å². The summed E-state index contributed by atoms with van der Waals surface area (Å²) >= 11 is 0. The van der Waals surface area contributed by atoms with Crippen LogP contribution in [0, 0.1) is 0 Å². The number of hydrogen-bond donors (Lipinski definition) is 0. The van der Waals surface area contributed by atoms with Crippen LogP contribution in [0.3, 0.4) is 0 Å². The molecule has 1 aliphatic carbocycles. The van der Waals surface area contributed by atoms with E-state index in [1.165, 1.54) is 55.2 Å². The predicted molar refractivity (Wildman–Crippen MR) is 111 cm³/mol. The number of rotatable bonds is 3. The zero-order valence-corrected chi connectivity index (χ0v) is 15.5. The Morgan fingerprint density at radius 1 is 0.538 bits per heavy atom. The van der Waals surface area contributed by atoms with E-state index in [4.69, 9.17) is 0 Å². The first-order valence-corrected chi connectivity index (χ1v) is 10.1. The van der Waals surface area contributed by atoms with Crippen molar-refractivity contribution in [2.24, 2.45) is 0 Å². The first kappa shape index (κ1) is 17.1. The van der Waals surface area contributed by atoms with E-state index in [-0.39, 0.29) is 5.41 Å². The molecule has 0 aromatic heterocycles. The Bertz CT molecular complexity index is 750. The molecule has 0 aliphatic heterocycles. The molecule has 0 bridgehead atoms. The molecule has 3 aromatic rings. The molecule has 0 radical (unpaired) electrons. The lowest BCUT2D eigenvalue weighted by Gasteiger charge is -2.44. The summed E-state index contributed by atoms with van der Waals surface area (Å²) in [7, 11) is 0. The van der Waals surface area contributed by atoms with Crippen LogP contribution in [0.4, 0.5) is 0 Å². The van der Waals surface area contributed by atoms with Gasteiger partial charge in [-0.2, -0.15) is 0 Å². The van der Waals surface area contributed by atoms with Crippen LogP contribution in [0.15, 0.2) is 91.0 Å². The zero-order valence-electron chi connectivity index (χ0n) is 15.5. The molecule has 1 unspecified atom stereocenters. The van der Waals surface area contributed by atoms with E-state index in [0.29, 0.717) is 5.92 Å². The van der Waals surface area contributed by atoms with Crippen molar-refractivity contribution < 1.29 is 0 Å². The van der Waals surface area contributed by atoms with Gasteiger partial charge in [-0.15, -0.1) is 0 Å². The first-order chi connectivity index (χ1) is 12.9. The van der Waals surface area contributed by atoms with Gasteiger partial charge >= 0.3 is 0 Å². The fourth-order valence-corrected chi connectivity index (χ4v) is 4.99. The van der Waals surface area contributed by atoms with Gasteiger partial charge in [-0.1, -0.05) is 117 Å². The monoisotopic (exact) mass is 340 g/mol. The van der Waals surface area contributed by atoms with Gasteiger partial charge in [0.05, 0.1) is 0 Å². The summed E-state index contributed by atoms with van der Waals surface area (Å²) in [5.41, 5.74) is 4.50. The van der Waals surface area contributed by atoms with Crippen molar-refractivity contribution in [1.82, 2.24) is 0 Å². The Hall–Kier alpha value is -2.34. The van der Waals surface area contributed by atoms with Crippen LogP contribution in [0.1, 0.15) is 61.1 Å². The molecule has 1 saturated carbocycles. The second kappa shape index (κ2) is 7.91. The molecule has 4 rings (SSSR count). The molecule has 1 fully saturated rings. The third-order valence-corrected chi connectivity index (χ3v) is 6.19. The highest BCUT2D eigenvalue weighted by Gasteiger charge is 2.42. The summed E-state index contributed by atoms with van der Waals surface area (Å²) < 4.78 is 0. The van der Waals surface area contributed by atoms with Gasteiger partial charge in [0.2, 0.25) is 0 Å². The lowest BCUT2D eigenvalue weighted by Crippen LogP contribution is -2.36. The van der Waals surface area contributed by atoms with Crippen molar-refractivity contribution in [2.45, 2.75) is 49.9 Å². The number of hydrogen-bond acceptors (Lipinski definition) is 0. The first-order valence-electron chi connectivity index (χ1n) is 10.1. The third-order valence-electron chi connectivity index (χ3n) is 6.19. The molecule has 1 aliphatic rings. The maximum absolute atomic E-state index is 2.35. The Kier molecular flexibility index (Phi) is 5.20. The van der Waals surface area contributed by atoms with Crippen LogP contribution in [-0.2, 0) is 5.41 Å². The van der Waals surface area contributed by atoms with Crippen LogP contribution < -0.4 is 0 Å². The molecule has 26 heavy (non-hydrogen) atoms. The fraction of sp³-hybridized carbons (Fsp3) is 0.308. The Morgan fingerprint density at radius 2 is 1.04 bits per heavy atom. The van der Waals surface area contributed by atoms with E-state index in [2.05, 4.69) is 91.0 Å². The van der Waals surface area contributed by atoms with Crippen LogP contribution in [0.5, 0.6) is 0 Å². The van der Waals surface area contributed by atoms with Gasteiger partial charge in [0.25, 0.3) is 0 Å². The summed E-state index contributed by atoms with van der Waals surface area (Å²) in [6, 6.07) is 33.8. The van der Waals surface area contributed by atoms with E-state index in [1.54, 1.807) is 0 Å². The quantitative estimate of drug-likeness (QED) is 0.476. The molecular weight excluding hydrogens is 312 g/mol. The average Bonchev–Trinajstić information content (AvgIpc) is 2.70. The molecule has 0 saturated heterocycles. The van der Waals surface area contributed by atoms with Gasteiger partial charge in [0.15, 0.2) is 0 Å². The lowest BCUT2D eigenvalue weighted by molar-refractivity contribution is 0.318. The maximum atomic E-state index is 2.35. The maximum Gasteiger partial charge on any atom is 0.0271 e. The van der Waals surface area contributed by atoms with Crippen molar-refractivity contribution in [2.75, 3.05) is 0 Å². The molecule has 0 heteroatoms. The molecule has 0 heterocycles. The number of benzene rings is 3. The van der Waals surface area contributed by atoms with E-state index in [1.807, 2.05) is 0 Å². The predicted octanol–water partition coefficient (Wildman–Crippen LogP) is 7.11. The molecule has 3 aromatic carbocycles. The van der Waals surface area contributed by atoms with Gasteiger partial charge in [0.1, 0.15) is 0 Å². The molecule has 0 amide bonds. The van der Waals surface area contributed by atoms with Crippen molar-refractivity contribution in [3.8, 4) is 0 Å². The van der Waals surface area contributed by atoms with E-state index >= 15 is 0 Å². The molecular formula is C26H28. The molecule has 0 spiro atoms. The normalized spacial score (nSPS) is 20.1. The highest BCUT2D eigenvalue weighted by Crippen LogP contribution is 2.51. The minimum Gasteiger partial charge on any atom is -0.0622 e. The molecule has 0 nitrogen and oxygen atoms in total. The summed E-state index contributed by atoms with van der Waals surface area (Å²) in [5, 5.41) is 0. The molecule has 0 N–H and O–H groups in total. The minimum atomic E-state index is 0.0598. The Balaban J connectivity index is 1.95. The SMILES string of the molecule is c1ccc(C2CCCCCCC2(c2ccccc2)c2ccccc2)cc1. The molecule has 132 valence electrons. The van der Waals surface area contributed by atoms with E-state index in [9.17, 15) is 0 Å². The smallest absolute Gasteiger partial charge is 0.0271 e. The van der Waals surface area contributed by atoms with Crippen molar-refractivity contribution in [1.29, 1.82) is 0 Å². The van der Waals surface area contributed by atoms with Crippen molar-refractivity contribution >= 4 is 0 Å². The van der Waals surface area contributed by atoms with Crippen molar-refractivity contribution in [3.63, 3.8) is 0 Å². The Morgan fingerprint density at radius 3 is 1.62 bits per heavy atom. The fourth-order valence-electron chi connectivity index (χ4n) is 4.99. The Labute approximate surface area is 157 Å². The van der Waals surface area contributed by atoms with E-state index in [0.717, 1.165) is 0 Å². The highest BCUT2D eigenvalue weighted by molar-refractivity contribution is 5.45. The van der Waals surface area contributed by atoms with Crippen LogP contribution in [0.25, 0.3) is 0 Å². The minimum absolute atomic E-state index is 0.0598. The summed E-state index contributed by atoms with van der Waals surface area (Å²) in [6.45, 7) is 0. The lowest BCUT2D eigenvalue weighted by atomic mass is 9.59. The standard InChI is InChI=1S/C26H28/c1-2-13-21-26(23-16-8-4-9-17-23,24-18-10-5-11-19-24)25(20-12-1)22-14-6-3-7-15-22/h3-11,14-19,25H,1-2,12-13,20-21H2. The van der Waals surface area contributed by atoms with Gasteiger partial charge in [-0.05, 0) is 35.4 Å². The van der Waals surface area contributed by atoms with Gasteiger partial charge < -0.3 is 0 Å². The van der Waals surface area contributed by atoms with E-state index < -0.39 is 0 Å².